The molecule has 4 aromatic rings. The van der Waals surface area contributed by atoms with Crippen molar-refractivity contribution < 1.29 is 18.9 Å². The van der Waals surface area contributed by atoms with E-state index >= 15 is 0 Å². The van der Waals surface area contributed by atoms with E-state index in [-0.39, 0.29) is 11.4 Å². The molecule has 0 unspecified atom stereocenters. The van der Waals surface area contributed by atoms with Gasteiger partial charge < -0.3 is 13.7 Å². The summed E-state index contributed by atoms with van der Waals surface area (Å²) in [5.41, 5.74) is 5.39. The Balaban J connectivity index is 1.55. The Kier molecular flexibility index (Phi) is 5.48. The highest BCUT2D eigenvalue weighted by molar-refractivity contribution is 5.99. The Labute approximate surface area is 176 Å². The van der Waals surface area contributed by atoms with Crippen molar-refractivity contribution >= 4 is 34.5 Å². The van der Waals surface area contributed by atoms with Crippen LogP contribution in [-0.4, -0.2) is 28.8 Å². The molecule has 0 radical (unpaired) electrons. The highest BCUT2D eigenvalue weighted by Gasteiger charge is 2.13. The van der Waals surface area contributed by atoms with Gasteiger partial charge in [0.1, 0.15) is 5.76 Å². The lowest BCUT2D eigenvalue weighted by Gasteiger charge is -2.02. The molecule has 2 aromatic carbocycles. The molecule has 9 nitrogen and oxygen atoms in total. The van der Waals surface area contributed by atoms with Crippen LogP contribution in [0.25, 0.3) is 10.9 Å². The molecule has 0 aliphatic heterocycles. The lowest BCUT2D eigenvalue weighted by molar-refractivity contribution is -0.384. The third-order valence-electron chi connectivity index (χ3n) is 4.67. The van der Waals surface area contributed by atoms with Gasteiger partial charge in [-0.25, -0.2) is 4.79 Å². The molecule has 9 heteroatoms. The molecule has 0 saturated heterocycles. The number of carbonyl (C=O) groups excluding carboxylic acids is 1. The van der Waals surface area contributed by atoms with Crippen molar-refractivity contribution in [3.63, 3.8) is 0 Å². The first kappa shape index (κ1) is 19.9. The zero-order valence-electron chi connectivity index (χ0n) is 16.5. The van der Waals surface area contributed by atoms with Crippen molar-refractivity contribution in [2.24, 2.45) is 5.10 Å². The van der Waals surface area contributed by atoms with E-state index < -0.39 is 10.9 Å². The van der Waals surface area contributed by atoms with Crippen molar-refractivity contribution in [1.82, 2.24) is 4.57 Å². The predicted octanol–water partition coefficient (Wildman–Crippen LogP) is 4.42. The lowest BCUT2D eigenvalue weighted by Crippen LogP contribution is -1.99. The van der Waals surface area contributed by atoms with Crippen LogP contribution in [0.4, 0.5) is 11.4 Å². The number of carbonyl (C=O) groups is 1. The number of methoxy groups -OCH3 is 1. The molecule has 0 fully saturated rings. The largest absolute Gasteiger partial charge is 0.463 e. The van der Waals surface area contributed by atoms with Crippen LogP contribution in [-0.2, 0) is 11.3 Å². The van der Waals surface area contributed by atoms with Gasteiger partial charge in [0.15, 0.2) is 0 Å². The first-order chi connectivity index (χ1) is 15.0. The Morgan fingerprint density at radius 1 is 1.19 bits per heavy atom. The van der Waals surface area contributed by atoms with Crippen LogP contribution < -0.4 is 5.43 Å². The van der Waals surface area contributed by atoms with E-state index in [2.05, 4.69) is 15.3 Å². The predicted molar refractivity (Wildman–Crippen MR) is 115 cm³/mol. The number of para-hydroxylation sites is 1. The molecule has 156 valence electrons. The summed E-state index contributed by atoms with van der Waals surface area (Å²) in [6.07, 6.45) is 3.62. The third-order valence-corrected chi connectivity index (χ3v) is 4.67. The third kappa shape index (κ3) is 4.30. The topological polar surface area (TPSA) is 112 Å². The molecular weight excluding hydrogens is 400 g/mol. The first-order valence-electron chi connectivity index (χ1n) is 9.33. The van der Waals surface area contributed by atoms with Crippen molar-refractivity contribution in [2.75, 3.05) is 12.5 Å². The monoisotopic (exact) mass is 418 g/mol. The number of esters is 1. The van der Waals surface area contributed by atoms with E-state index in [9.17, 15) is 14.9 Å². The molecule has 0 aliphatic carbocycles. The summed E-state index contributed by atoms with van der Waals surface area (Å²) in [6, 6.07) is 17.2. The number of fused-ring (bicyclic) bond motifs is 1. The van der Waals surface area contributed by atoms with E-state index in [1.807, 2.05) is 35.0 Å². The first-order valence-corrected chi connectivity index (χ1v) is 9.33. The van der Waals surface area contributed by atoms with Gasteiger partial charge in [0.2, 0.25) is 5.76 Å². The number of ether oxygens (including phenoxy) is 1. The van der Waals surface area contributed by atoms with Crippen LogP contribution >= 0.6 is 0 Å². The number of benzene rings is 2. The van der Waals surface area contributed by atoms with Gasteiger partial charge in [0, 0.05) is 34.8 Å². The lowest BCUT2D eigenvalue weighted by atomic mass is 10.2. The number of aromatic nitrogens is 1. The van der Waals surface area contributed by atoms with Gasteiger partial charge >= 0.3 is 5.97 Å². The number of anilines is 1. The summed E-state index contributed by atoms with van der Waals surface area (Å²) in [5.74, 6) is 0.255. The van der Waals surface area contributed by atoms with Crippen LogP contribution in [0.15, 0.2) is 76.4 Å². The number of furan rings is 1. The highest BCUT2D eigenvalue weighted by Crippen LogP contribution is 2.22. The summed E-state index contributed by atoms with van der Waals surface area (Å²) in [4.78, 5) is 21.9. The number of nitrogens with one attached hydrogen (secondary N) is 1. The summed E-state index contributed by atoms with van der Waals surface area (Å²) in [7, 11) is 1.31. The van der Waals surface area contributed by atoms with Crippen LogP contribution in [0.1, 0.15) is 21.9 Å². The second-order valence-electron chi connectivity index (χ2n) is 6.66. The highest BCUT2D eigenvalue weighted by atomic mass is 16.6. The number of nitrogens with zero attached hydrogens (tertiary/aromatic N) is 3. The molecule has 0 bridgehead atoms. The van der Waals surface area contributed by atoms with Gasteiger partial charge in [-0.15, -0.1) is 0 Å². The minimum absolute atomic E-state index is 0.0193. The summed E-state index contributed by atoms with van der Waals surface area (Å²) in [5, 5.41) is 16.0. The summed E-state index contributed by atoms with van der Waals surface area (Å²) in [6.45, 7) is 0.432. The minimum atomic E-state index is -0.520. The normalized spacial score (nSPS) is 11.1. The average molecular weight is 418 g/mol. The zero-order chi connectivity index (χ0) is 21.8. The fourth-order valence-electron chi connectivity index (χ4n) is 3.18. The standard InChI is InChI=1S/C22H18N4O5/c1-30-22(27)21-11-10-18(31-21)14-25-13-15(19-4-2-3-5-20(19)25)12-23-24-16-6-8-17(9-7-16)26(28)29/h2-13,24H,14H2,1H3/b23-12-. The van der Waals surface area contributed by atoms with E-state index in [4.69, 9.17) is 4.42 Å². The zero-order valence-corrected chi connectivity index (χ0v) is 16.5. The Hall–Kier alpha value is -4.40. The quantitative estimate of drug-likeness (QED) is 0.206. The van der Waals surface area contributed by atoms with Crippen LogP contribution in [0.3, 0.4) is 0 Å². The molecule has 0 saturated carbocycles. The molecule has 1 N–H and O–H groups in total. The fraction of sp³-hybridized carbons (Fsp3) is 0.0909. The maximum atomic E-state index is 11.6. The number of hydrogen-bond donors (Lipinski definition) is 1. The smallest absolute Gasteiger partial charge is 0.373 e. The Morgan fingerprint density at radius 2 is 1.97 bits per heavy atom. The van der Waals surface area contributed by atoms with Crippen molar-refractivity contribution in [2.45, 2.75) is 6.54 Å². The second kappa shape index (κ2) is 8.54. The maximum Gasteiger partial charge on any atom is 0.373 e. The number of non-ortho nitro benzene ring substituents is 1. The van der Waals surface area contributed by atoms with Crippen molar-refractivity contribution in [3.05, 3.63) is 94.1 Å². The number of rotatable bonds is 7. The van der Waals surface area contributed by atoms with Crippen LogP contribution in [0, 0.1) is 10.1 Å². The van der Waals surface area contributed by atoms with Gasteiger partial charge in [-0.2, -0.15) is 5.10 Å². The van der Waals surface area contributed by atoms with Crippen LogP contribution in [0.5, 0.6) is 0 Å². The molecule has 31 heavy (non-hydrogen) atoms. The number of hydrazone groups is 1. The summed E-state index contributed by atoms with van der Waals surface area (Å²) < 4.78 is 12.3. The van der Waals surface area contributed by atoms with Gasteiger partial charge in [-0.1, -0.05) is 18.2 Å². The average Bonchev–Trinajstić information content (AvgIpc) is 3.39. The molecule has 0 aliphatic rings. The van der Waals surface area contributed by atoms with Crippen LogP contribution in [0.2, 0.25) is 0 Å². The molecule has 0 atom stereocenters. The second-order valence-corrected chi connectivity index (χ2v) is 6.66. The minimum Gasteiger partial charge on any atom is -0.463 e. The Morgan fingerprint density at radius 3 is 2.71 bits per heavy atom. The molecular formula is C22H18N4O5. The SMILES string of the molecule is COC(=O)c1ccc(Cn2cc(/C=N\Nc3ccc([N+](=O)[O-])cc3)c3ccccc32)o1. The summed E-state index contributed by atoms with van der Waals surface area (Å²) >= 11 is 0. The van der Waals surface area contributed by atoms with Gasteiger partial charge in [-0.3, -0.25) is 15.5 Å². The van der Waals surface area contributed by atoms with Gasteiger partial charge in [0.05, 0.1) is 30.5 Å². The van der Waals surface area contributed by atoms with Crippen molar-refractivity contribution in [3.8, 4) is 0 Å². The van der Waals surface area contributed by atoms with Gasteiger partial charge in [0.25, 0.3) is 5.69 Å². The number of nitro benzene ring substituents is 1. The molecule has 2 aromatic heterocycles. The van der Waals surface area contributed by atoms with Gasteiger partial charge in [-0.05, 0) is 30.3 Å². The molecule has 0 spiro atoms. The molecule has 4 rings (SSSR count). The van der Waals surface area contributed by atoms with E-state index in [0.717, 1.165) is 16.5 Å². The molecule has 2 heterocycles. The van der Waals surface area contributed by atoms with Crippen molar-refractivity contribution in [1.29, 1.82) is 0 Å². The fourth-order valence-corrected chi connectivity index (χ4v) is 3.18. The Bertz CT molecular complexity index is 1270. The number of hydrogen-bond acceptors (Lipinski definition) is 7. The van der Waals surface area contributed by atoms with E-state index in [0.29, 0.717) is 18.0 Å². The molecule has 0 amide bonds. The van der Waals surface area contributed by atoms with E-state index in [1.54, 1.807) is 30.5 Å². The number of nitro groups is 1. The maximum absolute atomic E-state index is 11.6. The van der Waals surface area contributed by atoms with E-state index in [1.165, 1.54) is 19.2 Å².